The Morgan fingerprint density at radius 2 is 1.89 bits per heavy atom. The second kappa shape index (κ2) is 3.57. The molecule has 0 saturated heterocycles. The fourth-order valence-corrected chi connectivity index (χ4v) is 0.391. The Balaban J connectivity index is 0.000000640. The van der Waals surface area contributed by atoms with E-state index in [2.05, 4.69) is 6.07 Å². The molecule has 0 saturated carbocycles. The molecular formula is C6H3F2Ni. The second-order valence-corrected chi connectivity index (χ2v) is 1.34. The molecule has 0 aliphatic carbocycles. The second-order valence-electron chi connectivity index (χ2n) is 1.34. The molecule has 0 spiro atoms. The molecular weight excluding hydrogens is 169 g/mol. The summed E-state index contributed by atoms with van der Waals surface area (Å²) in [4.78, 5) is 0. The fourth-order valence-electron chi connectivity index (χ4n) is 0.391. The van der Waals surface area contributed by atoms with Crippen LogP contribution in [0.15, 0.2) is 18.2 Å². The molecule has 1 rings (SSSR count). The van der Waals surface area contributed by atoms with Gasteiger partial charge in [0, 0.05) is 16.5 Å². The van der Waals surface area contributed by atoms with Crippen LogP contribution in [0, 0.1) is 17.7 Å². The summed E-state index contributed by atoms with van der Waals surface area (Å²) in [6, 6.07) is 5.68. The van der Waals surface area contributed by atoms with Gasteiger partial charge in [0.1, 0.15) is 0 Å². The summed E-state index contributed by atoms with van der Waals surface area (Å²) in [6.45, 7) is 0. The number of halogens is 2. The predicted molar refractivity (Wildman–Crippen MR) is 25.2 cm³/mol. The van der Waals surface area contributed by atoms with Crippen LogP contribution in [-0.4, -0.2) is 0 Å². The molecule has 0 nitrogen and oxygen atoms in total. The van der Waals surface area contributed by atoms with E-state index in [9.17, 15) is 8.78 Å². The van der Waals surface area contributed by atoms with Gasteiger partial charge in [0.15, 0.2) is 11.6 Å². The summed E-state index contributed by atoms with van der Waals surface area (Å²) < 4.78 is 23.8. The molecule has 0 aliphatic heterocycles. The third-order valence-electron chi connectivity index (χ3n) is 0.764. The number of hydrogen-bond donors (Lipinski definition) is 0. The Morgan fingerprint density at radius 1 is 1.22 bits per heavy atom. The molecule has 1 aromatic rings. The standard InChI is InChI=1S/C6H3F2.Ni/c7-5-3-1-2-4-6(5)8;/h1,3-4H;. The van der Waals surface area contributed by atoms with Crippen LogP contribution in [0.4, 0.5) is 8.78 Å². The molecule has 0 amide bonds. The van der Waals surface area contributed by atoms with E-state index in [-0.39, 0.29) is 16.5 Å². The van der Waals surface area contributed by atoms with Crippen molar-refractivity contribution < 1.29 is 25.3 Å². The maximum absolute atomic E-state index is 11.9. The van der Waals surface area contributed by atoms with Crippen LogP contribution < -0.4 is 0 Å². The zero-order valence-corrected chi connectivity index (χ0v) is 5.29. The Kier molecular flexibility index (Phi) is 3.40. The summed E-state index contributed by atoms with van der Waals surface area (Å²) >= 11 is 0. The summed E-state index contributed by atoms with van der Waals surface area (Å²) in [5.74, 6) is -1.68. The molecule has 0 aromatic heterocycles. The number of benzene rings is 1. The van der Waals surface area contributed by atoms with Crippen molar-refractivity contribution in [3.8, 4) is 0 Å². The van der Waals surface area contributed by atoms with Gasteiger partial charge in [0.25, 0.3) is 0 Å². The van der Waals surface area contributed by atoms with Gasteiger partial charge in [-0.15, -0.1) is 0 Å². The van der Waals surface area contributed by atoms with Crippen molar-refractivity contribution in [3.05, 3.63) is 35.9 Å². The van der Waals surface area contributed by atoms with Crippen LogP contribution in [0.3, 0.4) is 0 Å². The summed E-state index contributed by atoms with van der Waals surface area (Å²) in [7, 11) is 0. The number of hydrogen-bond acceptors (Lipinski definition) is 0. The Hall–Kier alpha value is -0.426. The fraction of sp³-hybridized carbons (Fsp3) is 0. The largest absolute Gasteiger partial charge is 0.204 e. The van der Waals surface area contributed by atoms with Crippen molar-refractivity contribution in [1.82, 2.24) is 0 Å². The van der Waals surface area contributed by atoms with Crippen molar-refractivity contribution in [2.45, 2.75) is 0 Å². The van der Waals surface area contributed by atoms with E-state index in [0.29, 0.717) is 0 Å². The van der Waals surface area contributed by atoms with Gasteiger partial charge in [-0.3, -0.25) is 0 Å². The minimum absolute atomic E-state index is 0. The molecule has 1 aromatic carbocycles. The van der Waals surface area contributed by atoms with Gasteiger partial charge in [-0.25, -0.2) is 8.78 Å². The number of rotatable bonds is 0. The van der Waals surface area contributed by atoms with Crippen molar-refractivity contribution in [2.24, 2.45) is 0 Å². The summed E-state index contributed by atoms with van der Waals surface area (Å²) in [5, 5.41) is 0. The van der Waals surface area contributed by atoms with Gasteiger partial charge in [0.05, 0.1) is 0 Å². The van der Waals surface area contributed by atoms with Crippen molar-refractivity contribution in [2.75, 3.05) is 0 Å². The van der Waals surface area contributed by atoms with Gasteiger partial charge >= 0.3 is 0 Å². The van der Waals surface area contributed by atoms with E-state index in [1.54, 1.807) is 0 Å². The van der Waals surface area contributed by atoms with Crippen LogP contribution in [0.25, 0.3) is 0 Å². The molecule has 51 valence electrons. The van der Waals surface area contributed by atoms with Crippen molar-refractivity contribution >= 4 is 0 Å². The van der Waals surface area contributed by atoms with Gasteiger partial charge in [-0.1, -0.05) is 6.07 Å². The van der Waals surface area contributed by atoms with E-state index >= 15 is 0 Å². The monoisotopic (exact) mass is 171 g/mol. The zero-order chi connectivity index (χ0) is 5.98. The molecule has 0 bridgehead atoms. The normalized spacial score (nSPS) is 8.22. The zero-order valence-electron chi connectivity index (χ0n) is 4.30. The van der Waals surface area contributed by atoms with Gasteiger partial charge in [-0.05, 0) is 18.2 Å². The molecule has 0 atom stereocenters. The molecule has 0 fully saturated rings. The molecule has 3 heteroatoms. The van der Waals surface area contributed by atoms with Gasteiger partial charge in [-0.2, -0.15) is 0 Å². The quantitative estimate of drug-likeness (QED) is 0.522. The van der Waals surface area contributed by atoms with E-state index in [1.165, 1.54) is 6.07 Å². The van der Waals surface area contributed by atoms with Crippen LogP contribution in [0.2, 0.25) is 0 Å². The molecule has 0 heterocycles. The molecule has 0 aliphatic rings. The van der Waals surface area contributed by atoms with Crippen molar-refractivity contribution in [3.63, 3.8) is 0 Å². The smallest absolute Gasteiger partial charge is 0.159 e. The molecule has 1 radical (unpaired) electrons. The molecule has 0 unspecified atom stereocenters. The third kappa shape index (κ3) is 2.10. The Labute approximate surface area is 61.8 Å². The van der Waals surface area contributed by atoms with E-state index in [4.69, 9.17) is 0 Å². The average molecular weight is 172 g/mol. The topological polar surface area (TPSA) is 0 Å². The SMILES string of the molecule is Fc1c[c]ccc1F.[Ni]. The van der Waals surface area contributed by atoms with E-state index < -0.39 is 11.6 Å². The minimum atomic E-state index is -0.854. The van der Waals surface area contributed by atoms with E-state index in [1.807, 2.05) is 0 Å². The first-order valence-electron chi connectivity index (χ1n) is 2.12. The predicted octanol–water partition coefficient (Wildman–Crippen LogP) is 1.76. The summed E-state index contributed by atoms with van der Waals surface area (Å²) in [6.07, 6.45) is 0. The maximum atomic E-state index is 11.9. The van der Waals surface area contributed by atoms with Gasteiger partial charge in [0.2, 0.25) is 0 Å². The maximum Gasteiger partial charge on any atom is 0.159 e. The summed E-state index contributed by atoms with van der Waals surface area (Å²) in [5.41, 5.74) is 0. The van der Waals surface area contributed by atoms with Crippen LogP contribution >= 0.6 is 0 Å². The van der Waals surface area contributed by atoms with Crippen molar-refractivity contribution in [1.29, 1.82) is 0 Å². The Bertz CT molecular complexity index is 167. The minimum Gasteiger partial charge on any atom is -0.204 e. The molecule has 9 heavy (non-hydrogen) atoms. The Morgan fingerprint density at radius 3 is 2.22 bits per heavy atom. The third-order valence-corrected chi connectivity index (χ3v) is 0.764. The van der Waals surface area contributed by atoms with Crippen LogP contribution in [-0.2, 0) is 16.5 Å². The first-order valence-corrected chi connectivity index (χ1v) is 2.12. The first kappa shape index (κ1) is 8.57. The van der Waals surface area contributed by atoms with Gasteiger partial charge < -0.3 is 0 Å². The molecule has 0 N–H and O–H groups in total. The van der Waals surface area contributed by atoms with Crippen LogP contribution in [0.5, 0.6) is 0 Å². The average Bonchev–Trinajstić information content (AvgIpc) is 1.77. The van der Waals surface area contributed by atoms with Crippen LogP contribution in [0.1, 0.15) is 0 Å². The van der Waals surface area contributed by atoms with E-state index in [0.717, 1.165) is 12.1 Å². The first-order chi connectivity index (χ1) is 3.80.